The number of rotatable bonds is 10. The number of hydrogen-bond acceptors (Lipinski definition) is 3. The van der Waals surface area contributed by atoms with E-state index in [0.717, 1.165) is 31.9 Å². The Labute approximate surface area is 152 Å². The number of allylic oxidation sites excluding steroid dienone is 1. The first-order chi connectivity index (χ1) is 10.2. The molecular formula is C16H32IN3O2. The summed E-state index contributed by atoms with van der Waals surface area (Å²) in [7, 11) is 2.07. The lowest BCUT2D eigenvalue weighted by Gasteiger charge is -2.38. The van der Waals surface area contributed by atoms with Gasteiger partial charge in [0.05, 0.1) is 31.8 Å². The van der Waals surface area contributed by atoms with Crippen molar-refractivity contribution in [2.75, 3.05) is 46.5 Å². The van der Waals surface area contributed by atoms with Crippen molar-refractivity contribution in [3.8, 4) is 0 Å². The summed E-state index contributed by atoms with van der Waals surface area (Å²) in [5.74, 6) is 0.918. The molecule has 0 aromatic carbocycles. The van der Waals surface area contributed by atoms with Crippen LogP contribution in [-0.4, -0.2) is 62.5 Å². The first-order valence-electron chi connectivity index (χ1n) is 7.96. The number of nitrogens with one attached hydrogen (secondary N) is 1. The van der Waals surface area contributed by atoms with Gasteiger partial charge in [-0.2, -0.15) is 0 Å². The molecule has 0 unspecified atom stereocenters. The van der Waals surface area contributed by atoms with Gasteiger partial charge in [-0.15, -0.1) is 30.6 Å². The molecule has 2 N–H and O–H groups in total. The average Bonchev–Trinajstić information content (AvgIpc) is 2.45. The number of halogens is 1. The number of guanidine groups is 1. The highest BCUT2D eigenvalue weighted by Crippen LogP contribution is 2.26. The van der Waals surface area contributed by atoms with Crippen LogP contribution in [0, 0.1) is 5.41 Å². The summed E-state index contributed by atoms with van der Waals surface area (Å²) in [6, 6.07) is 0. The minimum absolute atomic E-state index is 0. The molecule has 0 spiro atoms. The second-order valence-corrected chi connectivity index (χ2v) is 5.88. The normalized spacial score (nSPS) is 16.4. The fourth-order valence-corrected chi connectivity index (χ4v) is 2.26. The third-order valence-electron chi connectivity index (χ3n) is 3.81. The summed E-state index contributed by atoms with van der Waals surface area (Å²) < 4.78 is 5.21. The Morgan fingerprint density at radius 1 is 1.41 bits per heavy atom. The Kier molecular flexibility index (Phi) is 11.9. The van der Waals surface area contributed by atoms with Crippen LogP contribution >= 0.6 is 24.0 Å². The molecule has 1 fully saturated rings. The zero-order chi connectivity index (χ0) is 15.6. The number of ether oxygens (including phenoxy) is 1. The number of nitrogens with zero attached hydrogens (tertiary/aromatic N) is 2. The fourth-order valence-electron chi connectivity index (χ4n) is 2.26. The van der Waals surface area contributed by atoms with Gasteiger partial charge in [-0.05, 0) is 26.2 Å². The Bertz CT molecular complexity index is 328. The maximum Gasteiger partial charge on any atom is 0.193 e. The Balaban J connectivity index is 0.00000441. The molecule has 0 bridgehead atoms. The molecule has 0 aromatic rings. The largest absolute Gasteiger partial charge is 0.396 e. The predicted octanol–water partition coefficient (Wildman–Crippen LogP) is 2.26. The minimum atomic E-state index is -0.161. The van der Waals surface area contributed by atoms with Crippen LogP contribution < -0.4 is 5.32 Å². The van der Waals surface area contributed by atoms with Crippen LogP contribution in [0.2, 0.25) is 0 Å². The molecule has 1 heterocycles. The van der Waals surface area contributed by atoms with Crippen LogP contribution in [0.25, 0.3) is 0 Å². The van der Waals surface area contributed by atoms with Crippen LogP contribution in [-0.2, 0) is 4.74 Å². The molecular weight excluding hydrogens is 393 g/mol. The lowest BCUT2D eigenvalue weighted by Crippen LogP contribution is -2.49. The van der Waals surface area contributed by atoms with Crippen molar-refractivity contribution in [2.45, 2.75) is 32.6 Å². The fraction of sp³-hybridized carbons (Fsp3) is 0.812. The third-order valence-corrected chi connectivity index (χ3v) is 3.81. The topological polar surface area (TPSA) is 57.1 Å². The van der Waals surface area contributed by atoms with Crippen molar-refractivity contribution in [1.82, 2.24) is 10.2 Å². The van der Waals surface area contributed by atoms with E-state index in [1.165, 1.54) is 12.8 Å². The highest BCUT2D eigenvalue weighted by molar-refractivity contribution is 14.0. The van der Waals surface area contributed by atoms with Crippen LogP contribution in [0.4, 0.5) is 0 Å². The van der Waals surface area contributed by atoms with E-state index in [0.29, 0.717) is 19.8 Å². The van der Waals surface area contributed by atoms with Gasteiger partial charge in [0.2, 0.25) is 0 Å². The molecule has 0 aliphatic carbocycles. The number of unbranched alkanes of at least 4 members (excludes halogenated alkanes) is 3. The maximum atomic E-state index is 9.45. The predicted molar refractivity (Wildman–Crippen MR) is 103 cm³/mol. The molecule has 5 nitrogen and oxygen atoms in total. The summed E-state index contributed by atoms with van der Waals surface area (Å²) in [6.07, 6.45) is 6.64. The number of aliphatic imine (C=N–C) groups is 1. The van der Waals surface area contributed by atoms with Crippen LogP contribution in [0.5, 0.6) is 0 Å². The van der Waals surface area contributed by atoms with Crippen molar-refractivity contribution in [3.05, 3.63) is 12.7 Å². The highest BCUT2D eigenvalue weighted by atomic mass is 127. The first kappa shape index (κ1) is 21.7. The van der Waals surface area contributed by atoms with E-state index in [4.69, 9.17) is 4.74 Å². The van der Waals surface area contributed by atoms with E-state index in [2.05, 4.69) is 35.8 Å². The molecule has 1 aliphatic heterocycles. The molecule has 130 valence electrons. The molecule has 0 aromatic heterocycles. The Hall–Kier alpha value is -0.340. The molecule has 0 radical (unpaired) electrons. The maximum absolute atomic E-state index is 9.45. The van der Waals surface area contributed by atoms with Crippen LogP contribution in [0.15, 0.2) is 17.6 Å². The van der Waals surface area contributed by atoms with E-state index in [1.807, 2.05) is 6.08 Å². The van der Waals surface area contributed by atoms with Crippen molar-refractivity contribution < 1.29 is 9.84 Å². The summed E-state index contributed by atoms with van der Waals surface area (Å²) >= 11 is 0. The third kappa shape index (κ3) is 7.28. The van der Waals surface area contributed by atoms with E-state index in [-0.39, 0.29) is 36.0 Å². The standard InChI is InChI=1S/C16H31N3O2.HI/c1-4-6-7-8-9-10-19(3)15(17-5-2)18-11-16(12-20)13-21-14-16;/h4,20H,1,5-14H2,2-3H3,(H,17,18);1H. The van der Waals surface area contributed by atoms with Gasteiger partial charge in [-0.1, -0.05) is 12.5 Å². The summed E-state index contributed by atoms with van der Waals surface area (Å²) in [6.45, 7) is 9.63. The number of aliphatic hydroxyl groups excluding tert-OH is 1. The van der Waals surface area contributed by atoms with Gasteiger partial charge in [-0.3, -0.25) is 4.99 Å². The van der Waals surface area contributed by atoms with Gasteiger partial charge >= 0.3 is 0 Å². The van der Waals surface area contributed by atoms with E-state index in [9.17, 15) is 5.11 Å². The van der Waals surface area contributed by atoms with Crippen molar-refractivity contribution in [2.24, 2.45) is 10.4 Å². The number of hydrogen-bond donors (Lipinski definition) is 2. The van der Waals surface area contributed by atoms with Gasteiger partial charge in [0.1, 0.15) is 0 Å². The Morgan fingerprint density at radius 3 is 2.64 bits per heavy atom. The molecule has 1 saturated heterocycles. The first-order valence-corrected chi connectivity index (χ1v) is 7.96. The van der Waals surface area contributed by atoms with Crippen molar-refractivity contribution >= 4 is 29.9 Å². The van der Waals surface area contributed by atoms with Gasteiger partial charge in [0.15, 0.2) is 5.96 Å². The monoisotopic (exact) mass is 425 g/mol. The second kappa shape index (κ2) is 12.1. The number of aliphatic hydroxyl groups is 1. The molecule has 1 aliphatic rings. The van der Waals surface area contributed by atoms with Gasteiger partial charge in [0.25, 0.3) is 0 Å². The summed E-state index contributed by atoms with van der Waals surface area (Å²) in [4.78, 5) is 6.84. The summed E-state index contributed by atoms with van der Waals surface area (Å²) in [5.41, 5.74) is -0.161. The molecule has 22 heavy (non-hydrogen) atoms. The smallest absolute Gasteiger partial charge is 0.193 e. The van der Waals surface area contributed by atoms with Crippen LogP contribution in [0.3, 0.4) is 0 Å². The molecule has 6 heteroatoms. The van der Waals surface area contributed by atoms with Crippen molar-refractivity contribution in [1.29, 1.82) is 0 Å². The minimum Gasteiger partial charge on any atom is -0.396 e. The quantitative estimate of drug-likeness (QED) is 0.185. The zero-order valence-electron chi connectivity index (χ0n) is 14.0. The van der Waals surface area contributed by atoms with Crippen LogP contribution in [0.1, 0.15) is 32.6 Å². The van der Waals surface area contributed by atoms with Gasteiger partial charge < -0.3 is 20.1 Å². The lowest BCUT2D eigenvalue weighted by atomic mass is 9.87. The van der Waals surface area contributed by atoms with Crippen molar-refractivity contribution in [3.63, 3.8) is 0 Å². The molecule has 0 amide bonds. The second-order valence-electron chi connectivity index (χ2n) is 5.88. The van der Waals surface area contributed by atoms with Gasteiger partial charge in [-0.25, -0.2) is 0 Å². The summed E-state index contributed by atoms with van der Waals surface area (Å²) in [5, 5.41) is 12.8. The molecule has 1 rings (SSSR count). The Morgan fingerprint density at radius 2 is 2.14 bits per heavy atom. The SMILES string of the molecule is C=CCCCCCN(C)C(=NCC1(CO)COC1)NCC.I. The average molecular weight is 425 g/mol. The van der Waals surface area contributed by atoms with E-state index >= 15 is 0 Å². The molecule has 0 saturated carbocycles. The van der Waals surface area contributed by atoms with E-state index < -0.39 is 0 Å². The lowest BCUT2D eigenvalue weighted by molar-refractivity contribution is -0.130. The highest BCUT2D eigenvalue weighted by Gasteiger charge is 2.38. The van der Waals surface area contributed by atoms with E-state index in [1.54, 1.807) is 0 Å². The zero-order valence-corrected chi connectivity index (χ0v) is 16.3. The van der Waals surface area contributed by atoms with Gasteiger partial charge in [0, 0.05) is 20.1 Å². The molecule has 0 atom stereocenters.